The lowest BCUT2D eigenvalue weighted by molar-refractivity contribution is 0.116. The van der Waals surface area contributed by atoms with Gasteiger partial charge in [-0.05, 0) is 62.5 Å². The van der Waals surface area contributed by atoms with Gasteiger partial charge < -0.3 is 14.2 Å². The average Bonchev–Trinajstić information content (AvgIpc) is 2.75. The van der Waals surface area contributed by atoms with Gasteiger partial charge in [0.15, 0.2) is 0 Å². The van der Waals surface area contributed by atoms with Crippen molar-refractivity contribution in [3.05, 3.63) is 53.3 Å². The molecule has 1 aromatic rings. The SMILES string of the molecule is COCC(C)C1=C(OC(C)c2ccc(OCCN3CCCCC3)cc2)CCC=C1. The minimum Gasteiger partial charge on any atom is -0.492 e. The van der Waals surface area contributed by atoms with Crippen molar-refractivity contribution in [3.8, 4) is 5.75 Å². The predicted octanol–water partition coefficient (Wildman–Crippen LogP) is 5.52. The van der Waals surface area contributed by atoms with Crippen LogP contribution in [0.15, 0.2) is 47.7 Å². The van der Waals surface area contributed by atoms with Gasteiger partial charge in [-0.2, -0.15) is 0 Å². The molecule has 1 aliphatic carbocycles. The van der Waals surface area contributed by atoms with Crippen molar-refractivity contribution >= 4 is 0 Å². The Hall–Kier alpha value is -1.78. The molecular weight excluding hydrogens is 362 g/mol. The summed E-state index contributed by atoms with van der Waals surface area (Å²) < 4.78 is 17.7. The van der Waals surface area contributed by atoms with Crippen molar-refractivity contribution in [2.45, 2.75) is 52.1 Å². The zero-order valence-electron chi connectivity index (χ0n) is 18.4. The van der Waals surface area contributed by atoms with Gasteiger partial charge >= 0.3 is 0 Å². The van der Waals surface area contributed by atoms with Gasteiger partial charge in [0.05, 0.1) is 6.61 Å². The number of nitrogens with zero attached hydrogens (tertiary/aromatic N) is 1. The summed E-state index contributed by atoms with van der Waals surface area (Å²) in [5.74, 6) is 2.38. The topological polar surface area (TPSA) is 30.9 Å². The molecule has 1 fully saturated rings. The van der Waals surface area contributed by atoms with Crippen LogP contribution >= 0.6 is 0 Å². The van der Waals surface area contributed by atoms with Crippen LogP contribution in [0.3, 0.4) is 0 Å². The number of rotatable bonds is 10. The smallest absolute Gasteiger partial charge is 0.120 e. The van der Waals surface area contributed by atoms with Crippen molar-refractivity contribution in [2.75, 3.05) is 40.0 Å². The highest BCUT2D eigenvalue weighted by atomic mass is 16.5. The fourth-order valence-corrected chi connectivity index (χ4v) is 4.16. The molecule has 2 atom stereocenters. The van der Waals surface area contributed by atoms with Crippen LogP contribution in [0.25, 0.3) is 0 Å². The van der Waals surface area contributed by atoms with Crippen LogP contribution in [0.1, 0.15) is 57.6 Å². The van der Waals surface area contributed by atoms with Gasteiger partial charge in [-0.3, -0.25) is 4.90 Å². The fraction of sp³-hybridized carbons (Fsp3) is 0.600. The van der Waals surface area contributed by atoms with E-state index in [2.05, 4.69) is 55.2 Å². The van der Waals surface area contributed by atoms with Gasteiger partial charge in [-0.25, -0.2) is 0 Å². The molecule has 2 aliphatic rings. The fourth-order valence-electron chi connectivity index (χ4n) is 4.16. The van der Waals surface area contributed by atoms with Crippen LogP contribution in [-0.2, 0) is 9.47 Å². The maximum Gasteiger partial charge on any atom is 0.120 e. The van der Waals surface area contributed by atoms with Crippen molar-refractivity contribution in [2.24, 2.45) is 5.92 Å². The molecule has 4 heteroatoms. The number of allylic oxidation sites excluding steroid dienone is 3. The van der Waals surface area contributed by atoms with E-state index in [0.29, 0.717) is 12.5 Å². The molecule has 0 N–H and O–H groups in total. The Morgan fingerprint density at radius 1 is 1.03 bits per heavy atom. The monoisotopic (exact) mass is 399 g/mol. The Kier molecular flexibility index (Phi) is 8.63. The van der Waals surface area contributed by atoms with Crippen LogP contribution in [0.2, 0.25) is 0 Å². The van der Waals surface area contributed by atoms with E-state index in [-0.39, 0.29) is 6.10 Å². The quantitative estimate of drug-likeness (QED) is 0.519. The third-order valence-corrected chi connectivity index (χ3v) is 5.90. The number of hydrogen-bond acceptors (Lipinski definition) is 4. The zero-order valence-corrected chi connectivity index (χ0v) is 18.4. The van der Waals surface area contributed by atoms with Gasteiger partial charge in [0, 0.05) is 26.0 Å². The molecular formula is C25H37NO3. The first-order valence-electron chi connectivity index (χ1n) is 11.2. The van der Waals surface area contributed by atoms with Crippen molar-refractivity contribution in [3.63, 3.8) is 0 Å². The molecule has 0 spiro atoms. The molecule has 0 aromatic heterocycles. The molecule has 1 aromatic carbocycles. The number of methoxy groups -OCH3 is 1. The van der Waals surface area contributed by atoms with E-state index in [9.17, 15) is 0 Å². The second-order valence-corrected chi connectivity index (χ2v) is 8.26. The van der Waals surface area contributed by atoms with Crippen LogP contribution in [-0.4, -0.2) is 44.9 Å². The molecule has 29 heavy (non-hydrogen) atoms. The maximum atomic E-state index is 6.38. The Labute approximate surface area is 176 Å². The summed E-state index contributed by atoms with van der Waals surface area (Å²) in [5.41, 5.74) is 2.44. The molecule has 2 unspecified atom stereocenters. The standard InChI is InChI=1S/C25H37NO3/c1-20(19-27-3)24-9-5-6-10-25(24)29-21(2)22-11-13-23(14-12-22)28-18-17-26-15-7-4-8-16-26/h5,9,11-14,20-21H,4,6-8,10,15-19H2,1-3H3. The van der Waals surface area contributed by atoms with Crippen LogP contribution in [0.4, 0.5) is 0 Å². The summed E-state index contributed by atoms with van der Waals surface area (Å²) in [4.78, 5) is 2.50. The lowest BCUT2D eigenvalue weighted by Gasteiger charge is -2.26. The van der Waals surface area contributed by atoms with E-state index in [1.807, 2.05) is 0 Å². The normalized spacial score (nSPS) is 19.8. The van der Waals surface area contributed by atoms with E-state index in [1.54, 1.807) is 7.11 Å². The molecule has 1 aliphatic heterocycles. The molecule has 1 heterocycles. The molecule has 0 amide bonds. The average molecular weight is 400 g/mol. The third kappa shape index (κ3) is 6.61. The first-order chi connectivity index (χ1) is 14.2. The second kappa shape index (κ2) is 11.4. The van der Waals surface area contributed by atoms with E-state index < -0.39 is 0 Å². The predicted molar refractivity (Wildman–Crippen MR) is 118 cm³/mol. The first kappa shape index (κ1) is 21.9. The van der Waals surface area contributed by atoms with Crippen molar-refractivity contribution in [1.82, 2.24) is 4.90 Å². The first-order valence-corrected chi connectivity index (χ1v) is 11.2. The Bertz CT molecular complexity index is 674. The van der Waals surface area contributed by atoms with Crippen LogP contribution in [0, 0.1) is 5.92 Å². The van der Waals surface area contributed by atoms with Gasteiger partial charge in [-0.15, -0.1) is 0 Å². The highest BCUT2D eigenvalue weighted by Crippen LogP contribution is 2.31. The van der Waals surface area contributed by atoms with Crippen molar-refractivity contribution < 1.29 is 14.2 Å². The summed E-state index contributed by atoms with van der Waals surface area (Å²) in [6.45, 7) is 9.23. The van der Waals surface area contributed by atoms with E-state index in [1.165, 1.54) is 43.5 Å². The number of piperidine rings is 1. The summed E-state index contributed by atoms with van der Waals surface area (Å²) in [6.07, 6.45) is 10.5. The van der Waals surface area contributed by atoms with Gasteiger partial charge in [0.1, 0.15) is 24.2 Å². The molecule has 3 rings (SSSR count). The summed E-state index contributed by atoms with van der Waals surface area (Å²) >= 11 is 0. The molecule has 1 saturated heterocycles. The Balaban J connectivity index is 1.52. The number of ether oxygens (including phenoxy) is 3. The summed E-state index contributed by atoms with van der Waals surface area (Å²) in [6, 6.07) is 8.38. The van der Waals surface area contributed by atoms with Crippen molar-refractivity contribution in [1.29, 1.82) is 0 Å². The highest BCUT2D eigenvalue weighted by molar-refractivity contribution is 5.31. The second-order valence-electron chi connectivity index (χ2n) is 8.26. The van der Waals surface area contributed by atoms with Gasteiger partial charge in [0.2, 0.25) is 0 Å². The molecule has 4 nitrogen and oxygen atoms in total. The molecule has 160 valence electrons. The Morgan fingerprint density at radius 2 is 1.79 bits per heavy atom. The van der Waals surface area contributed by atoms with Gasteiger partial charge in [-0.1, -0.05) is 37.6 Å². The summed E-state index contributed by atoms with van der Waals surface area (Å²) in [7, 11) is 1.75. The molecule has 0 saturated carbocycles. The summed E-state index contributed by atoms with van der Waals surface area (Å²) in [5, 5.41) is 0. The maximum absolute atomic E-state index is 6.38. The zero-order chi connectivity index (χ0) is 20.5. The van der Waals surface area contributed by atoms with Crippen LogP contribution < -0.4 is 4.74 Å². The number of likely N-dealkylation sites (tertiary alicyclic amines) is 1. The van der Waals surface area contributed by atoms with E-state index >= 15 is 0 Å². The molecule has 0 bridgehead atoms. The molecule has 0 radical (unpaired) electrons. The lowest BCUT2D eigenvalue weighted by Crippen LogP contribution is -2.33. The van der Waals surface area contributed by atoms with Gasteiger partial charge in [0.25, 0.3) is 0 Å². The van der Waals surface area contributed by atoms with Crippen LogP contribution in [0.5, 0.6) is 5.75 Å². The Morgan fingerprint density at radius 3 is 2.52 bits per heavy atom. The highest BCUT2D eigenvalue weighted by Gasteiger charge is 2.19. The van der Waals surface area contributed by atoms with E-state index in [0.717, 1.165) is 37.5 Å². The largest absolute Gasteiger partial charge is 0.492 e. The minimum atomic E-state index is 0.0173. The number of hydrogen-bond donors (Lipinski definition) is 0. The lowest BCUT2D eigenvalue weighted by atomic mass is 9.94. The number of benzene rings is 1. The minimum absolute atomic E-state index is 0.0173. The van der Waals surface area contributed by atoms with E-state index in [4.69, 9.17) is 14.2 Å². The third-order valence-electron chi connectivity index (χ3n) is 5.90.